The summed E-state index contributed by atoms with van der Waals surface area (Å²) in [7, 11) is 1.31. The Morgan fingerprint density at radius 1 is 1.21 bits per heavy atom. The minimum absolute atomic E-state index is 0.0550. The van der Waals surface area contributed by atoms with Gasteiger partial charge in [-0.1, -0.05) is 0 Å². The molecule has 9 nitrogen and oxygen atoms in total. The highest BCUT2D eigenvalue weighted by Crippen LogP contribution is 2.25. The van der Waals surface area contributed by atoms with Crippen LogP contribution in [0.3, 0.4) is 0 Å². The van der Waals surface area contributed by atoms with E-state index in [2.05, 4.69) is 4.98 Å². The van der Waals surface area contributed by atoms with E-state index in [1.54, 1.807) is 21.9 Å². The number of pyridine rings is 2. The Labute approximate surface area is 192 Å². The van der Waals surface area contributed by atoms with E-state index in [1.807, 2.05) is 12.1 Å². The minimum atomic E-state index is -0.554. The van der Waals surface area contributed by atoms with Crippen molar-refractivity contribution < 1.29 is 23.8 Å². The highest BCUT2D eigenvalue weighted by atomic mass is 16.5. The average Bonchev–Trinajstić information content (AvgIpc) is 3.28. The van der Waals surface area contributed by atoms with E-state index in [9.17, 15) is 14.4 Å². The van der Waals surface area contributed by atoms with Crippen molar-refractivity contribution in [2.24, 2.45) is 0 Å². The van der Waals surface area contributed by atoms with Crippen LogP contribution >= 0.6 is 0 Å². The van der Waals surface area contributed by atoms with Gasteiger partial charge < -0.3 is 23.7 Å². The molecule has 1 atom stereocenters. The van der Waals surface area contributed by atoms with Gasteiger partial charge in [0, 0.05) is 56.8 Å². The number of amides is 1. The second-order valence-corrected chi connectivity index (χ2v) is 8.20. The summed E-state index contributed by atoms with van der Waals surface area (Å²) < 4.78 is 18.0. The number of hydrogen-bond acceptors (Lipinski definition) is 7. The maximum atomic E-state index is 12.9. The molecule has 0 unspecified atom stereocenters. The molecule has 9 heteroatoms. The van der Waals surface area contributed by atoms with Crippen molar-refractivity contribution in [1.29, 1.82) is 0 Å². The Morgan fingerprint density at radius 2 is 2.03 bits per heavy atom. The topological polar surface area (TPSA) is 100.0 Å². The van der Waals surface area contributed by atoms with Gasteiger partial charge in [-0.15, -0.1) is 0 Å². The first-order valence-electron chi connectivity index (χ1n) is 11.4. The number of aromatic nitrogens is 2. The fourth-order valence-corrected chi connectivity index (χ4v) is 4.39. The summed E-state index contributed by atoms with van der Waals surface area (Å²) in [6.45, 7) is 2.03. The number of carbonyl (C=O) groups is 2. The maximum absolute atomic E-state index is 12.9. The van der Waals surface area contributed by atoms with Crippen molar-refractivity contribution in [3.63, 3.8) is 0 Å². The molecule has 0 aromatic carbocycles. The van der Waals surface area contributed by atoms with E-state index in [1.165, 1.54) is 13.2 Å². The summed E-state index contributed by atoms with van der Waals surface area (Å²) in [5.74, 6) is -0.380. The predicted molar refractivity (Wildman–Crippen MR) is 119 cm³/mol. The SMILES string of the molecule is COC(=O)c1c(OCCCc2ccncc2)cc(=O)n2c1CCN(C(=O)[C@@H]1CCCO1)CC2. The molecule has 1 fully saturated rings. The second-order valence-electron chi connectivity index (χ2n) is 8.20. The molecule has 0 radical (unpaired) electrons. The van der Waals surface area contributed by atoms with Crippen LogP contribution in [0, 0.1) is 0 Å². The molecule has 1 amide bonds. The first kappa shape index (κ1) is 23.0. The number of fused-ring (bicyclic) bond motifs is 1. The number of aryl methyl sites for hydroxylation is 1. The molecule has 4 rings (SSSR count). The van der Waals surface area contributed by atoms with Crippen LogP contribution in [0.15, 0.2) is 35.4 Å². The highest BCUT2D eigenvalue weighted by molar-refractivity contribution is 5.93. The van der Waals surface area contributed by atoms with Crippen molar-refractivity contribution in [1.82, 2.24) is 14.5 Å². The molecule has 0 aliphatic carbocycles. The van der Waals surface area contributed by atoms with Crippen molar-refractivity contribution in [2.45, 2.75) is 44.8 Å². The van der Waals surface area contributed by atoms with Gasteiger partial charge in [0.05, 0.1) is 13.7 Å². The summed E-state index contributed by atoms with van der Waals surface area (Å²) >= 11 is 0. The number of esters is 1. The molecular formula is C24H29N3O6. The van der Waals surface area contributed by atoms with E-state index in [0.29, 0.717) is 57.8 Å². The quantitative estimate of drug-likeness (QED) is 0.462. The third-order valence-corrected chi connectivity index (χ3v) is 6.12. The van der Waals surface area contributed by atoms with Gasteiger partial charge in [0.25, 0.3) is 11.5 Å². The van der Waals surface area contributed by atoms with E-state index < -0.39 is 12.1 Å². The first-order chi connectivity index (χ1) is 16.1. The summed E-state index contributed by atoms with van der Waals surface area (Å²) in [6, 6.07) is 5.23. The zero-order chi connectivity index (χ0) is 23.2. The van der Waals surface area contributed by atoms with Crippen LogP contribution < -0.4 is 10.3 Å². The fraction of sp³-hybridized carbons (Fsp3) is 0.500. The Morgan fingerprint density at radius 3 is 2.76 bits per heavy atom. The molecule has 0 bridgehead atoms. The van der Waals surface area contributed by atoms with Gasteiger partial charge in [-0.05, 0) is 43.4 Å². The minimum Gasteiger partial charge on any atom is -0.492 e. The molecular weight excluding hydrogens is 426 g/mol. The Kier molecular flexibility index (Phi) is 7.39. The molecule has 2 aliphatic rings. The maximum Gasteiger partial charge on any atom is 0.343 e. The standard InChI is InChI=1S/C24H29N3O6/c1-31-24(30)22-18-8-11-26(23(29)19-5-3-15-32-19)12-13-27(18)21(28)16-20(22)33-14-2-4-17-6-9-25-10-7-17/h6-7,9-10,16,19H,2-5,8,11-15H2,1H3/t19-/m0/s1. The van der Waals surface area contributed by atoms with Gasteiger partial charge in [0.15, 0.2) is 0 Å². The lowest BCUT2D eigenvalue weighted by atomic mass is 10.1. The predicted octanol–water partition coefficient (Wildman–Crippen LogP) is 1.61. The number of ether oxygens (including phenoxy) is 3. The van der Waals surface area contributed by atoms with Crippen LogP contribution in [0.1, 0.15) is 40.9 Å². The summed E-state index contributed by atoms with van der Waals surface area (Å²) in [5.41, 5.74) is 1.68. The van der Waals surface area contributed by atoms with Crippen LogP contribution in [0.4, 0.5) is 0 Å². The molecule has 2 aromatic heterocycles. The van der Waals surface area contributed by atoms with Crippen LogP contribution in [-0.4, -0.2) is 65.8 Å². The molecule has 2 aliphatic heterocycles. The van der Waals surface area contributed by atoms with E-state index in [-0.39, 0.29) is 22.8 Å². The Hall–Kier alpha value is -3.20. The first-order valence-corrected chi connectivity index (χ1v) is 11.4. The van der Waals surface area contributed by atoms with Gasteiger partial charge in [-0.25, -0.2) is 4.79 Å². The lowest BCUT2D eigenvalue weighted by Crippen LogP contribution is -2.40. The zero-order valence-corrected chi connectivity index (χ0v) is 18.8. The largest absolute Gasteiger partial charge is 0.492 e. The van der Waals surface area contributed by atoms with E-state index in [4.69, 9.17) is 14.2 Å². The van der Waals surface area contributed by atoms with Gasteiger partial charge in [-0.3, -0.25) is 14.6 Å². The number of carbonyl (C=O) groups excluding carboxylic acids is 2. The highest BCUT2D eigenvalue weighted by Gasteiger charge is 2.31. The van der Waals surface area contributed by atoms with Crippen molar-refractivity contribution >= 4 is 11.9 Å². The van der Waals surface area contributed by atoms with E-state index >= 15 is 0 Å². The Bertz CT molecular complexity index is 1050. The van der Waals surface area contributed by atoms with Gasteiger partial charge in [0.2, 0.25) is 0 Å². The molecule has 176 valence electrons. The number of rotatable bonds is 7. The lowest BCUT2D eigenvalue weighted by Gasteiger charge is -2.23. The Balaban J connectivity index is 1.51. The molecule has 4 heterocycles. The van der Waals surface area contributed by atoms with Crippen LogP contribution in [-0.2, 0) is 33.7 Å². The van der Waals surface area contributed by atoms with E-state index in [0.717, 1.165) is 18.4 Å². The van der Waals surface area contributed by atoms with Gasteiger partial charge >= 0.3 is 5.97 Å². The lowest BCUT2D eigenvalue weighted by molar-refractivity contribution is -0.140. The van der Waals surface area contributed by atoms with Crippen LogP contribution in [0.5, 0.6) is 5.75 Å². The molecule has 1 saturated heterocycles. The summed E-state index contributed by atoms with van der Waals surface area (Å²) in [6.07, 6.45) is 6.52. The van der Waals surface area contributed by atoms with Crippen LogP contribution in [0.25, 0.3) is 0 Å². The summed E-state index contributed by atoms with van der Waals surface area (Å²) in [4.78, 5) is 44.1. The number of methoxy groups -OCH3 is 1. The molecule has 33 heavy (non-hydrogen) atoms. The van der Waals surface area contributed by atoms with Gasteiger partial charge in [-0.2, -0.15) is 0 Å². The zero-order valence-electron chi connectivity index (χ0n) is 18.8. The van der Waals surface area contributed by atoms with Crippen molar-refractivity contribution in [2.75, 3.05) is 33.4 Å². The van der Waals surface area contributed by atoms with Crippen LogP contribution in [0.2, 0.25) is 0 Å². The number of hydrogen-bond donors (Lipinski definition) is 0. The fourth-order valence-electron chi connectivity index (χ4n) is 4.39. The second kappa shape index (κ2) is 10.6. The molecule has 0 N–H and O–H groups in total. The molecule has 0 saturated carbocycles. The summed E-state index contributed by atoms with van der Waals surface area (Å²) in [5, 5.41) is 0. The third kappa shape index (κ3) is 5.24. The van der Waals surface area contributed by atoms with Crippen molar-refractivity contribution in [3.8, 4) is 5.75 Å². The van der Waals surface area contributed by atoms with Crippen molar-refractivity contribution in [3.05, 3.63) is 57.8 Å². The van der Waals surface area contributed by atoms with Gasteiger partial charge in [0.1, 0.15) is 17.4 Å². The monoisotopic (exact) mass is 455 g/mol. The normalized spacial score (nSPS) is 17.8. The molecule has 2 aromatic rings. The average molecular weight is 456 g/mol. The number of nitrogens with zero attached hydrogens (tertiary/aromatic N) is 3. The molecule has 0 spiro atoms. The third-order valence-electron chi connectivity index (χ3n) is 6.12. The smallest absolute Gasteiger partial charge is 0.343 e.